The highest BCUT2D eigenvalue weighted by atomic mass is 16.6. The number of nitro benzene ring substituents is 1. The second-order valence-electron chi connectivity index (χ2n) is 5.04. The number of fused-ring (bicyclic) bond motifs is 1. The average molecular weight is 306 g/mol. The van der Waals surface area contributed by atoms with Gasteiger partial charge in [0.2, 0.25) is 5.95 Å². The molecule has 0 bridgehead atoms. The third-order valence-electron chi connectivity index (χ3n) is 3.57. The Balaban J connectivity index is 2.25. The van der Waals surface area contributed by atoms with E-state index < -0.39 is 10.5 Å². The van der Waals surface area contributed by atoms with Gasteiger partial charge in [-0.2, -0.15) is 0 Å². The fourth-order valence-corrected chi connectivity index (χ4v) is 2.20. The van der Waals surface area contributed by atoms with Crippen LogP contribution in [0.25, 0.3) is 10.9 Å². The van der Waals surface area contributed by atoms with Crippen LogP contribution >= 0.6 is 0 Å². The monoisotopic (exact) mass is 306 g/mol. The van der Waals surface area contributed by atoms with E-state index in [2.05, 4.69) is 15.3 Å². The molecule has 0 fully saturated rings. The molecule has 1 heterocycles. The Bertz CT molecular complexity index is 728. The fraction of sp³-hybridized carbons (Fsp3) is 0.429. The van der Waals surface area contributed by atoms with Crippen molar-refractivity contribution in [1.29, 1.82) is 0 Å². The first-order chi connectivity index (χ1) is 10.5. The standard InChI is InChI=1S/C14H18N4O4/c1-2-9(5-6-19)8-15-14-16-12-4-3-10(18(21)22)7-11(12)13(20)17-14/h3-4,7,9,19H,2,5-6,8H2,1H3,(H2,15,16,17,20). The van der Waals surface area contributed by atoms with Gasteiger partial charge < -0.3 is 10.4 Å². The van der Waals surface area contributed by atoms with E-state index in [1.54, 1.807) is 0 Å². The van der Waals surface area contributed by atoms with Gasteiger partial charge in [0.1, 0.15) is 0 Å². The number of hydrogen-bond acceptors (Lipinski definition) is 6. The van der Waals surface area contributed by atoms with E-state index in [1.807, 2.05) is 6.92 Å². The van der Waals surface area contributed by atoms with Crippen LogP contribution in [0, 0.1) is 16.0 Å². The summed E-state index contributed by atoms with van der Waals surface area (Å²) in [5.74, 6) is 0.602. The van der Waals surface area contributed by atoms with E-state index in [-0.39, 0.29) is 23.6 Å². The number of nitrogens with one attached hydrogen (secondary N) is 2. The molecule has 1 aromatic carbocycles. The Hall–Kier alpha value is -2.48. The number of aliphatic hydroxyl groups excluding tert-OH is 1. The number of nitro groups is 1. The molecule has 2 aromatic rings. The van der Waals surface area contributed by atoms with Crippen LogP contribution in [0.2, 0.25) is 0 Å². The highest BCUT2D eigenvalue weighted by molar-refractivity contribution is 5.80. The van der Waals surface area contributed by atoms with Crippen LogP contribution in [0.15, 0.2) is 23.0 Å². The molecule has 0 aliphatic rings. The number of rotatable bonds is 7. The Morgan fingerprint density at radius 2 is 2.27 bits per heavy atom. The number of aromatic amines is 1. The second kappa shape index (κ2) is 6.99. The molecular weight excluding hydrogens is 288 g/mol. The number of aromatic nitrogens is 2. The third kappa shape index (κ3) is 3.59. The largest absolute Gasteiger partial charge is 0.396 e. The zero-order valence-electron chi connectivity index (χ0n) is 12.2. The fourth-order valence-electron chi connectivity index (χ4n) is 2.20. The number of non-ortho nitro benzene ring substituents is 1. The molecule has 0 radical (unpaired) electrons. The zero-order valence-corrected chi connectivity index (χ0v) is 12.2. The lowest BCUT2D eigenvalue weighted by Gasteiger charge is -2.14. The maximum absolute atomic E-state index is 12.0. The molecule has 0 saturated heterocycles. The van der Waals surface area contributed by atoms with Crippen molar-refractivity contribution in [2.45, 2.75) is 19.8 Å². The van der Waals surface area contributed by atoms with Crippen molar-refractivity contribution in [1.82, 2.24) is 9.97 Å². The smallest absolute Gasteiger partial charge is 0.270 e. The minimum atomic E-state index is -0.550. The summed E-state index contributed by atoms with van der Waals surface area (Å²) in [7, 11) is 0. The highest BCUT2D eigenvalue weighted by Crippen LogP contribution is 2.17. The quantitative estimate of drug-likeness (QED) is 0.528. The Morgan fingerprint density at radius 1 is 1.50 bits per heavy atom. The van der Waals surface area contributed by atoms with Crippen molar-refractivity contribution in [3.63, 3.8) is 0 Å². The second-order valence-corrected chi connectivity index (χ2v) is 5.04. The molecule has 1 unspecified atom stereocenters. The van der Waals surface area contributed by atoms with E-state index in [0.29, 0.717) is 24.4 Å². The number of anilines is 1. The maximum Gasteiger partial charge on any atom is 0.270 e. The van der Waals surface area contributed by atoms with Gasteiger partial charge in [0.15, 0.2) is 0 Å². The van der Waals surface area contributed by atoms with Crippen molar-refractivity contribution in [3.05, 3.63) is 38.7 Å². The zero-order chi connectivity index (χ0) is 16.1. The van der Waals surface area contributed by atoms with Crippen molar-refractivity contribution >= 4 is 22.5 Å². The molecular formula is C14H18N4O4. The summed E-state index contributed by atoms with van der Waals surface area (Å²) >= 11 is 0. The van der Waals surface area contributed by atoms with Crippen LogP contribution in [0.3, 0.4) is 0 Å². The summed E-state index contributed by atoms with van der Waals surface area (Å²) in [5, 5.41) is 22.9. The summed E-state index contributed by atoms with van der Waals surface area (Å²) in [4.78, 5) is 29.0. The molecule has 0 spiro atoms. The predicted molar refractivity (Wildman–Crippen MR) is 83.0 cm³/mol. The van der Waals surface area contributed by atoms with Gasteiger partial charge in [0.25, 0.3) is 11.2 Å². The van der Waals surface area contributed by atoms with Crippen molar-refractivity contribution < 1.29 is 10.0 Å². The average Bonchev–Trinajstić information content (AvgIpc) is 2.51. The van der Waals surface area contributed by atoms with Crippen LogP contribution in [0.5, 0.6) is 0 Å². The van der Waals surface area contributed by atoms with Gasteiger partial charge in [0, 0.05) is 25.3 Å². The molecule has 0 aliphatic carbocycles. The van der Waals surface area contributed by atoms with Gasteiger partial charge in [-0.3, -0.25) is 19.9 Å². The van der Waals surface area contributed by atoms with E-state index in [9.17, 15) is 14.9 Å². The van der Waals surface area contributed by atoms with Gasteiger partial charge in [-0.1, -0.05) is 13.3 Å². The first-order valence-electron chi connectivity index (χ1n) is 7.08. The van der Waals surface area contributed by atoms with Crippen LogP contribution in [0.1, 0.15) is 19.8 Å². The topological polar surface area (TPSA) is 121 Å². The first-order valence-corrected chi connectivity index (χ1v) is 7.08. The van der Waals surface area contributed by atoms with Crippen LogP contribution < -0.4 is 10.9 Å². The molecule has 8 heteroatoms. The molecule has 22 heavy (non-hydrogen) atoms. The number of hydrogen-bond donors (Lipinski definition) is 3. The highest BCUT2D eigenvalue weighted by Gasteiger charge is 2.11. The molecule has 2 rings (SSSR count). The Morgan fingerprint density at radius 3 is 2.91 bits per heavy atom. The minimum Gasteiger partial charge on any atom is -0.396 e. The molecule has 1 atom stereocenters. The summed E-state index contributed by atoms with van der Waals surface area (Å²) < 4.78 is 0. The number of benzene rings is 1. The predicted octanol–water partition coefficient (Wildman–Crippen LogP) is 1.65. The molecule has 1 aromatic heterocycles. The Kier molecular flexibility index (Phi) is 5.05. The van der Waals surface area contributed by atoms with Crippen LogP contribution in [0.4, 0.5) is 11.6 Å². The number of aliphatic hydroxyl groups is 1. The first kappa shape index (κ1) is 15.9. The number of H-pyrrole nitrogens is 1. The van der Waals surface area contributed by atoms with Gasteiger partial charge in [-0.05, 0) is 18.4 Å². The molecule has 0 aliphatic heterocycles. The van der Waals surface area contributed by atoms with Crippen molar-refractivity contribution in [2.24, 2.45) is 5.92 Å². The van der Waals surface area contributed by atoms with Crippen molar-refractivity contribution in [3.8, 4) is 0 Å². The normalized spacial score (nSPS) is 12.3. The molecule has 0 saturated carbocycles. The van der Waals surface area contributed by atoms with Crippen LogP contribution in [-0.2, 0) is 0 Å². The lowest BCUT2D eigenvalue weighted by molar-refractivity contribution is -0.384. The molecule has 3 N–H and O–H groups in total. The lowest BCUT2D eigenvalue weighted by atomic mass is 10.0. The summed E-state index contributed by atoms with van der Waals surface area (Å²) in [6.07, 6.45) is 1.57. The number of nitrogens with zero attached hydrogens (tertiary/aromatic N) is 2. The van der Waals surface area contributed by atoms with Gasteiger partial charge in [0.05, 0.1) is 15.8 Å². The SMILES string of the molecule is CCC(CCO)CNc1nc2ccc([N+](=O)[O-])cc2c(=O)[nH]1. The van der Waals surface area contributed by atoms with Crippen molar-refractivity contribution in [2.75, 3.05) is 18.5 Å². The summed E-state index contributed by atoms with van der Waals surface area (Å²) in [6, 6.07) is 3.99. The van der Waals surface area contributed by atoms with E-state index in [1.165, 1.54) is 18.2 Å². The lowest BCUT2D eigenvalue weighted by Crippen LogP contribution is -2.19. The maximum atomic E-state index is 12.0. The van der Waals surface area contributed by atoms with Gasteiger partial charge >= 0.3 is 0 Å². The minimum absolute atomic E-state index is 0.117. The summed E-state index contributed by atoms with van der Waals surface area (Å²) in [5.41, 5.74) is -0.173. The van der Waals surface area contributed by atoms with E-state index >= 15 is 0 Å². The van der Waals surface area contributed by atoms with E-state index in [4.69, 9.17) is 5.11 Å². The third-order valence-corrected chi connectivity index (χ3v) is 3.57. The van der Waals surface area contributed by atoms with Gasteiger partial charge in [-0.25, -0.2) is 4.98 Å². The molecule has 0 amide bonds. The Labute approximate surface area is 126 Å². The molecule has 8 nitrogen and oxygen atoms in total. The van der Waals surface area contributed by atoms with Crippen LogP contribution in [-0.4, -0.2) is 33.1 Å². The van der Waals surface area contributed by atoms with E-state index in [0.717, 1.165) is 6.42 Å². The van der Waals surface area contributed by atoms with Gasteiger partial charge in [-0.15, -0.1) is 0 Å². The summed E-state index contributed by atoms with van der Waals surface area (Å²) in [6.45, 7) is 2.72. The molecule has 118 valence electrons.